The summed E-state index contributed by atoms with van der Waals surface area (Å²) >= 11 is 16.4. The molecule has 1 aliphatic carbocycles. The summed E-state index contributed by atoms with van der Waals surface area (Å²) in [5, 5.41) is 3.32. The second kappa shape index (κ2) is 15.5. The number of hydrogen-bond donors (Lipinski definition) is 1. The van der Waals surface area contributed by atoms with Gasteiger partial charge in [-0.1, -0.05) is 119 Å². The molecule has 0 radical (unpaired) electrons. The molecule has 1 atom stereocenters. The van der Waals surface area contributed by atoms with Crippen molar-refractivity contribution in [3.8, 4) is 0 Å². The van der Waals surface area contributed by atoms with Crippen molar-refractivity contribution in [1.29, 1.82) is 0 Å². The van der Waals surface area contributed by atoms with Crippen LogP contribution in [0.5, 0.6) is 0 Å². The molecule has 0 heterocycles. The largest absolute Gasteiger partial charge is 0.352 e. The normalized spacial score (nSPS) is 14.1. The van der Waals surface area contributed by atoms with Gasteiger partial charge >= 0.3 is 0 Å². The van der Waals surface area contributed by atoms with Gasteiger partial charge in [0.15, 0.2) is 0 Å². The van der Waals surface area contributed by atoms with Gasteiger partial charge in [0.2, 0.25) is 11.8 Å². The van der Waals surface area contributed by atoms with Crippen LogP contribution in [0.15, 0.2) is 112 Å². The third kappa shape index (κ3) is 8.31. The molecule has 0 aliphatic heterocycles. The molecule has 0 spiro atoms. The number of rotatable bonds is 12. The SMILES string of the molecule is O=C(NC1CCCC1)[C@@H](Cc1ccccc1)N(Cc1ccc(Br)cc1)C(=O)CN(c1cccc(Cl)c1Cl)S(=O)(=O)c1ccccc1. The predicted molar refractivity (Wildman–Crippen MR) is 186 cm³/mol. The molecule has 46 heavy (non-hydrogen) atoms. The van der Waals surface area contributed by atoms with Gasteiger partial charge < -0.3 is 10.2 Å². The van der Waals surface area contributed by atoms with Crippen molar-refractivity contribution in [2.45, 2.75) is 55.6 Å². The van der Waals surface area contributed by atoms with Gasteiger partial charge in [-0.3, -0.25) is 13.9 Å². The fourth-order valence-electron chi connectivity index (χ4n) is 5.63. The zero-order valence-electron chi connectivity index (χ0n) is 25.0. The smallest absolute Gasteiger partial charge is 0.264 e. The molecule has 2 amide bonds. The van der Waals surface area contributed by atoms with E-state index in [0.29, 0.717) is 0 Å². The molecule has 5 rings (SSSR count). The highest BCUT2D eigenvalue weighted by atomic mass is 79.9. The van der Waals surface area contributed by atoms with Crippen LogP contribution < -0.4 is 9.62 Å². The van der Waals surface area contributed by atoms with Gasteiger partial charge in [0.25, 0.3) is 10.0 Å². The predicted octanol–water partition coefficient (Wildman–Crippen LogP) is 7.65. The van der Waals surface area contributed by atoms with E-state index in [2.05, 4.69) is 21.2 Å². The van der Waals surface area contributed by atoms with Crippen LogP contribution in [0.3, 0.4) is 0 Å². The highest BCUT2D eigenvalue weighted by Gasteiger charge is 2.36. The third-order valence-electron chi connectivity index (χ3n) is 8.05. The second-order valence-electron chi connectivity index (χ2n) is 11.2. The first kappa shape index (κ1) is 34.0. The third-order valence-corrected chi connectivity index (χ3v) is 11.2. The lowest BCUT2D eigenvalue weighted by Gasteiger charge is -2.34. The van der Waals surface area contributed by atoms with Crippen molar-refractivity contribution in [2.75, 3.05) is 10.8 Å². The monoisotopic (exact) mass is 741 g/mol. The summed E-state index contributed by atoms with van der Waals surface area (Å²) in [6.45, 7) is -0.542. The number of carbonyl (C=O) groups excluding carboxylic acids is 2. The topological polar surface area (TPSA) is 86.8 Å². The Morgan fingerprint density at radius 1 is 0.826 bits per heavy atom. The second-order valence-corrected chi connectivity index (χ2v) is 14.8. The summed E-state index contributed by atoms with van der Waals surface area (Å²) in [6.07, 6.45) is 4.05. The molecule has 4 aromatic rings. The minimum atomic E-state index is -4.29. The standard InChI is InChI=1S/C35H34BrCl2N3O4S/c36-27-20-18-26(19-21-27)23-40(32(22-25-10-3-1-4-11-25)35(43)39-28-12-7-8-13-28)33(42)24-41(31-17-9-16-30(37)34(31)38)46(44,45)29-14-5-2-6-15-29/h1-6,9-11,14-21,28,32H,7-8,12-13,22-24H2,(H,39,43)/t32-/m1/s1. The Morgan fingerprint density at radius 2 is 1.46 bits per heavy atom. The van der Waals surface area contributed by atoms with Gasteiger partial charge in [0.05, 0.1) is 20.6 Å². The molecule has 11 heteroatoms. The van der Waals surface area contributed by atoms with Gasteiger partial charge in [0.1, 0.15) is 12.6 Å². The molecule has 4 aromatic carbocycles. The molecule has 7 nitrogen and oxygen atoms in total. The Bertz CT molecular complexity index is 1750. The van der Waals surface area contributed by atoms with Crippen LogP contribution in [0.4, 0.5) is 5.69 Å². The lowest BCUT2D eigenvalue weighted by atomic mass is 10.0. The summed E-state index contributed by atoms with van der Waals surface area (Å²) in [6, 6.07) is 28.5. The van der Waals surface area contributed by atoms with Crippen LogP contribution >= 0.6 is 39.1 Å². The van der Waals surface area contributed by atoms with Gasteiger partial charge in [0, 0.05) is 23.5 Å². The Balaban J connectivity index is 1.58. The maximum atomic E-state index is 14.6. The van der Waals surface area contributed by atoms with E-state index < -0.39 is 28.5 Å². The molecular formula is C35H34BrCl2N3O4S. The molecule has 1 N–H and O–H groups in total. The van der Waals surface area contributed by atoms with Crippen molar-refractivity contribution in [3.05, 3.63) is 129 Å². The highest BCUT2D eigenvalue weighted by Crippen LogP contribution is 2.35. The number of nitrogens with one attached hydrogen (secondary N) is 1. The Labute approximate surface area is 288 Å². The van der Waals surface area contributed by atoms with E-state index in [1.165, 1.54) is 23.1 Å². The maximum absolute atomic E-state index is 14.6. The molecule has 0 unspecified atom stereocenters. The Morgan fingerprint density at radius 3 is 2.11 bits per heavy atom. The van der Waals surface area contributed by atoms with E-state index in [0.717, 1.165) is 45.6 Å². The first-order chi connectivity index (χ1) is 22.1. The van der Waals surface area contributed by atoms with Crippen molar-refractivity contribution in [2.24, 2.45) is 0 Å². The highest BCUT2D eigenvalue weighted by molar-refractivity contribution is 9.10. The Kier molecular flexibility index (Phi) is 11.4. The number of halogens is 3. The van der Waals surface area contributed by atoms with E-state index in [-0.39, 0.29) is 45.5 Å². The summed E-state index contributed by atoms with van der Waals surface area (Å²) in [4.78, 5) is 30.1. The zero-order valence-corrected chi connectivity index (χ0v) is 28.9. The summed E-state index contributed by atoms with van der Waals surface area (Å²) in [5.41, 5.74) is 1.71. The minimum Gasteiger partial charge on any atom is -0.352 e. The number of carbonyl (C=O) groups is 2. The number of benzene rings is 4. The first-order valence-electron chi connectivity index (χ1n) is 15.0. The molecule has 240 valence electrons. The summed E-state index contributed by atoms with van der Waals surface area (Å²) < 4.78 is 30.1. The minimum absolute atomic E-state index is 0.00394. The quantitative estimate of drug-likeness (QED) is 0.162. The molecule has 0 saturated heterocycles. The van der Waals surface area contributed by atoms with Crippen LogP contribution in [0, 0.1) is 0 Å². The van der Waals surface area contributed by atoms with Crippen molar-refractivity contribution >= 4 is 66.7 Å². The lowest BCUT2D eigenvalue weighted by molar-refractivity contribution is -0.140. The van der Waals surface area contributed by atoms with Gasteiger partial charge in [-0.25, -0.2) is 8.42 Å². The van der Waals surface area contributed by atoms with Crippen LogP contribution in [-0.4, -0.2) is 43.8 Å². The molecule has 0 aromatic heterocycles. The maximum Gasteiger partial charge on any atom is 0.264 e. The van der Waals surface area contributed by atoms with Crippen LogP contribution in [0.2, 0.25) is 10.0 Å². The van der Waals surface area contributed by atoms with Crippen LogP contribution in [-0.2, 0) is 32.6 Å². The number of amides is 2. The summed E-state index contributed by atoms with van der Waals surface area (Å²) in [5.74, 6) is -0.847. The Hall–Kier alpha value is -3.37. The number of anilines is 1. The number of hydrogen-bond acceptors (Lipinski definition) is 4. The van der Waals surface area contributed by atoms with Crippen molar-refractivity contribution < 1.29 is 18.0 Å². The fourth-order valence-corrected chi connectivity index (χ4v) is 7.79. The molecule has 1 aliphatic rings. The van der Waals surface area contributed by atoms with E-state index in [1.54, 1.807) is 30.3 Å². The van der Waals surface area contributed by atoms with Gasteiger partial charge in [-0.05, 0) is 60.4 Å². The average Bonchev–Trinajstić information content (AvgIpc) is 3.57. The molecular weight excluding hydrogens is 709 g/mol. The lowest BCUT2D eigenvalue weighted by Crippen LogP contribution is -2.54. The van der Waals surface area contributed by atoms with E-state index >= 15 is 0 Å². The number of sulfonamides is 1. The fraction of sp³-hybridized carbons (Fsp3) is 0.257. The first-order valence-corrected chi connectivity index (χ1v) is 18.0. The van der Waals surface area contributed by atoms with Crippen LogP contribution in [0.1, 0.15) is 36.8 Å². The van der Waals surface area contributed by atoms with Crippen LogP contribution in [0.25, 0.3) is 0 Å². The molecule has 1 saturated carbocycles. The number of nitrogens with zero attached hydrogens (tertiary/aromatic N) is 2. The van der Waals surface area contributed by atoms with Gasteiger partial charge in [-0.2, -0.15) is 0 Å². The van der Waals surface area contributed by atoms with Crippen molar-refractivity contribution in [1.82, 2.24) is 10.2 Å². The van der Waals surface area contributed by atoms with E-state index in [4.69, 9.17) is 23.2 Å². The average molecular weight is 744 g/mol. The van der Waals surface area contributed by atoms with E-state index in [9.17, 15) is 18.0 Å². The molecule has 1 fully saturated rings. The van der Waals surface area contributed by atoms with Gasteiger partial charge in [-0.15, -0.1) is 0 Å². The summed E-state index contributed by atoms with van der Waals surface area (Å²) in [7, 11) is -4.29. The van der Waals surface area contributed by atoms with E-state index in [1.807, 2.05) is 54.6 Å². The zero-order chi connectivity index (χ0) is 32.7. The van der Waals surface area contributed by atoms with Crippen molar-refractivity contribution in [3.63, 3.8) is 0 Å². The molecule has 0 bridgehead atoms.